The molecule has 0 radical (unpaired) electrons. The van der Waals surface area contributed by atoms with Crippen molar-refractivity contribution in [1.82, 2.24) is 9.80 Å². The number of rotatable bonds is 8. The number of carbonyl (C=O) groups is 1. The van der Waals surface area contributed by atoms with Crippen LogP contribution in [-0.4, -0.2) is 67.7 Å². The molecule has 5 heteroatoms. The zero-order valence-electron chi connectivity index (χ0n) is 18.6. The molecule has 0 bridgehead atoms. The van der Waals surface area contributed by atoms with Gasteiger partial charge >= 0.3 is 0 Å². The average molecular weight is 415 g/mol. The monoisotopic (exact) mass is 414 g/mol. The normalized spacial score (nSPS) is 23.7. The number of ether oxygens (including phenoxy) is 2. The van der Waals surface area contributed by atoms with Crippen LogP contribution >= 0.6 is 0 Å². The smallest absolute Gasteiger partial charge is 0.227 e. The van der Waals surface area contributed by atoms with Crippen molar-refractivity contribution in [3.63, 3.8) is 0 Å². The Bertz CT molecular complexity index is 675. The van der Waals surface area contributed by atoms with Gasteiger partial charge in [-0.05, 0) is 75.2 Å². The summed E-state index contributed by atoms with van der Waals surface area (Å²) in [6.45, 7) is 4.86. The molecule has 2 aliphatic heterocycles. The van der Waals surface area contributed by atoms with E-state index >= 15 is 0 Å². The number of hydrogen-bond donors (Lipinski definition) is 0. The molecule has 1 aromatic rings. The maximum atomic E-state index is 13.3. The van der Waals surface area contributed by atoms with Gasteiger partial charge in [-0.25, -0.2) is 0 Å². The van der Waals surface area contributed by atoms with Crippen LogP contribution in [0.15, 0.2) is 24.3 Å². The predicted octanol–water partition coefficient (Wildman–Crippen LogP) is 3.90. The van der Waals surface area contributed by atoms with Crippen molar-refractivity contribution in [3.05, 3.63) is 29.8 Å². The Morgan fingerprint density at radius 2 is 1.90 bits per heavy atom. The Hall–Kier alpha value is -1.59. The maximum absolute atomic E-state index is 13.3. The van der Waals surface area contributed by atoms with E-state index in [9.17, 15) is 4.79 Å². The molecule has 3 aliphatic rings. The number of amides is 1. The fraction of sp³-hybridized carbons (Fsp3) is 0.720. The van der Waals surface area contributed by atoms with Crippen molar-refractivity contribution < 1.29 is 14.3 Å². The Kier molecular flexibility index (Phi) is 7.67. The van der Waals surface area contributed by atoms with Crippen molar-refractivity contribution in [1.29, 1.82) is 0 Å². The van der Waals surface area contributed by atoms with E-state index in [2.05, 4.69) is 9.80 Å². The topological polar surface area (TPSA) is 42.0 Å². The van der Waals surface area contributed by atoms with E-state index in [1.165, 1.54) is 51.6 Å². The third-order valence-corrected chi connectivity index (χ3v) is 7.26. The van der Waals surface area contributed by atoms with Crippen molar-refractivity contribution >= 4 is 5.91 Å². The summed E-state index contributed by atoms with van der Waals surface area (Å²) >= 11 is 0. The standard InChI is InChI=1S/C25H38N2O3/c1-29-23-9-4-6-21(16-23)17-25(28)27(19-24-10-5-15-30-24)18-20-11-13-26(14-12-20)22-7-2-3-8-22/h4,6,9,16,20,22,24H,2-3,5,7-8,10-15,17-19H2,1H3/t24-/m1/s1. The van der Waals surface area contributed by atoms with Crippen molar-refractivity contribution in [2.45, 2.75) is 69.9 Å². The highest BCUT2D eigenvalue weighted by atomic mass is 16.5. The van der Waals surface area contributed by atoms with Gasteiger partial charge in [-0.3, -0.25) is 4.79 Å². The van der Waals surface area contributed by atoms with E-state index < -0.39 is 0 Å². The Morgan fingerprint density at radius 1 is 1.10 bits per heavy atom. The van der Waals surface area contributed by atoms with Gasteiger partial charge in [0, 0.05) is 25.7 Å². The quantitative estimate of drug-likeness (QED) is 0.647. The van der Waals surface area contributed by atoms with Crippen molar-refractivity contribution in [3.8, 4) is 5.75 Å². The van der Waals surface area contributed by atoms with E-state index in [0.29, 0.717) is 12.3 Å². The van der Waals surface area contributed by atoms with Gasteiger partial charge < -0.3 is 19.3 Å². The van der Waals surface area contributed by atoms with Gasteiger partial charge in [0.05, 0.1) is 19.6 Å². The summed E-state index contributed by atoms with van der Waals surface area (Å²) in [5.74, 6) is 1.64. The van der Waals surface area contributed by atoms with Crippen LogP contribution in [0.25, 0.3) is 0 Å². The number of likely N-dealkylation sites (tertiary alicyclic amines) is 1. The zero-order valence-corrected chi connectivity index (χ0v) is 18.6. The largest absolute Gasteiger partial charge is 0.497 e. The summed E-state index contributed by atoms with van der Waals surface area (Å²) in [5, 5.41) is 0. The number of carbonyl (C=O) groups excluding carboxylic acids is 1. The summed E-state index contributed by atoms with van der Waals surface area (Å²) in [5.41, 5.74) is 1.02. The van der Waals surface area contributed by atoms with Crippen LogP contribution in [0.4, 0.5) is 0 Å². The van der Waals surface area contributed by atoms with Crippen molar-refractivity contribution in [2.75, 3.05) is 39.9 Å². The van der Waals surface area contributed by atoms with Crippen LogP contribution in [0, 0.1) is 5.92 Å². The zero-order chi connectivity index (χ0) is 20.8. The molecule has 1 aliphatic carbocycles. The predicted molar refractivity (Wildman–Crippen MR) is 119 cm³/mol. The fourth-order valence-corrected chi connectivity index (χ4v) is 5.46. The van der Waals surface area contributed by atoms with Gasteiger partial charge in [-0.15, -0.1) is 0 Å². The first-order chi connectivity index (χ1) is 14.7. The summed E-state index contributed by atoms with van der Waals surface area (Å²) in [6.07, 6.45) is 10.8. The summed E-state index contributed by atoms with van der Waals surface area (Å²) < 4.78 is 11.2. The molecule has 5 nitrogen and oxygen atoms in total. The SMILES string of the molecule is COc1cccc(CC(=O)N(CC2CCN(C3CCCC3)CC2)C[C@H]2CCCO2)c1. The molecule has 30 heavy (non-hydrogen) atoms. The second kappa shape index (κ2) is 10.6. The number of benzene rings is 1. The molecule has 0 N–H and O–H groups in total. The fourth-order valence-electron chi connectivity index (χ4n) is 5.46. The minimum Gasteiger partial charge on any atom is -0.497 e. The minimum atomic E-state index is 0.206. The van der Waals surface area contributed by atoms with Crippen LogP contribution in [0.5, 0.6) is 5.75 Å². The average Bonchev–Trinajstić information content (AvgIpc) is 3.48. The Balaban J connectivity index is 1.35. The summed E-state index contributed by atoms with van der Waals surface area (Å²) in [7, 11) is 1.67. The molecule has 1 saturated carbocycles. The molecule has 1 amide bonds. The van der Waals surface area contributed by atoms with Crippen molar-refractivity contribution in [2.24, 2.45) is 5.92 Å². The highest BCUT2D eigenvalue weighted by molar-refractivity contribution is 5.79. The number of nitrogens with zero attached hydrogens (tertiary/aromatic N) is 2. The number of methoxy groups -OCH3 is 1. The van der Waals surface area contributed by atoms with Gasteiger partial charge in [0.15, 0.2) is 0 Å². The molecule has 0 unspecified atom stereocenters. The van der Waals surface area contributed by atoms with Crippen LogP contribution in [0.1, 0.15) is 56.9 Å². The first-order valence-corrected chi connectivity index (χ1v) is 12.0. The summed E-state index contributed by atoms with van der Waals surface area (Å²) in [4.78, 5) is 18.1. The molecule has 2 heterocycles. The number of piperidine rings is 1. The second-order valence-corrected chi connectivity index (χ2v) is 9.38. The molecular formula is C25H38N2O3. The minimum absolute atomic E-state index is 0.206. The van der Waals surface area contributed by atoms with Gasteiger partial charge in [0.2, 0.25) is 5.91 Å². The Labute approximate surface area is 181 Å². The van der Waals surface area contributed by atoms with Crippen LogP contribution in [0.3, 0.4) is 0 Å². The van der Waals surface area contributed by atoms with E-state index in [4.69, 9.17) is 9.47 Å². The molecule has 1 aromatic carbocycles. The van der Waals surface area contributed by atoms with Gasteiger partial charge in [-0.2, -0.15) is 0 Å². The molecule has 166 valence electrons. The van der Waals surface area contributed by atoms with E-state index in [1.807, 2.05) is 24.3 Å². The molecule has 1 atom stereocenters. The highest BCUT2D eigenvalue weighted by Crippen LogP contribution is 2.28. The first kappa shape index (κ1) is 21.6. The van der Waals surface area contributed by atoms with E-state index in [0.717, 1.165) is 49.9 Å². The summed E-state index contributed by atoms with van der Waals surface area (Å²) in [6, 6.07) is 8.71. The molecule has 0 spiro atoms. The lowest BCUT2D eigenvalue weighted by molar-refractivity contribution is -0.133. The van der Waals surface area contributed by atoms with Crippen LogP contribution in [-0.2, 0) is 16.0 Å². The maximum Gasteiger partial charge on any atom is 0.227 e. The van der Waals surface area contributed by atoms with Crippen LogP contribution in [0.2, 0.25) is 0 Å². The highest BCUT2D eigenvalue weighted by Gasteiger charge is 2.30. The van der Waals surface area contributed by atoms with E-state index in [1.54, 1.807) is 7.11 Å². The molecule has 2 saturated heterocycles. The molecule has 3 fully saturated rings. The van der Waals surface area contributed by atoms with Gasteiger partial charge in [0.1, 0.15) is 5.75 Å². The van der Waals surface area contributed by atoms with Crippen LogP contribution < -0.4 is 4.74 Å². The molecule has 4 rings (SSSR count). The Morgan fingerprint density at radius 3 is 2.60 bits per heavy atom. The lowest BCUT2D eigenvalue weighted by atomic mass is 9.94. The molecule has 0 aromatic heterocycles. The van der Waals surface area contributed by atoms with Gasteiger partial charge in [0.25, 0.3) is 0 Å². The lowest BCUT2D eigenvalue weighted by Crippen LogP contribution is -2.45. The second-order valence-electron chi connectivity index (χ2n) is 9.38. The third kappa shape index (κ3) is 5.76. The van der Waals surface area contributed by atoms with Gasteiger partial charge in [-0.1, -0.05) is 25.0 Å². The lowest BCUT2D eigenvalue weighted by Gasteiger charge is -2.38. The van der Waals surface area contributed by atoms with E-state index in [-0.39, 0.29) is 12.0 Å². The first-order valence-electron chi connectivity index (χ1n) is 12.0. The molecular weight excluding hydrogens is 376 g/mol. The number of hydrogen-bond acceptors (Lipinski definition) is 4. The third-order valence-electron chi connectivity index (χ3n) is 7.26.